The molecule has 8 nitrogen and oxygen atoms in total. The molecule has 0 aromatic heterocycles. The number of aryl methyl sites for hydroxylation is 2. The minimum absolute atomic E-state index is 0.0483. The Balaban J connectivity index is 1.62. The highest BCUT2D eigenvalue weighted by Gasteiger charge is 2.35. The molecule has 8 heteroatoms. The molecule has 0 radical (unpaired) electrons. The third-order valence-corrected chi connectivity index (χ3v) is 5.49. The Morgan fingerprint density at radius 2 is 1.72 bits per heavy atom. The van der Waals surface area contributed by atoms with Crippen molar-refractivity contribution >= 4 is 23.4 Å². The Morgan fingerprint density at radius 1 is 1.07 bits per heavy atom. The van der Waals surface area contributed by atoms with Crippen LogP contribution >= 0.6 is 0 Å². The van der Waals surface area contributed by atoms with E-state index >= 15 is 0 Å². The molecule has 0 saturated carbocycles. The molecule has 158 valence electrons. The molecular weight excluding hydrogens is 370 g/mol. The number of likely N-dealkylation sites (N-methyl/N-ethyl adjacent to an activating group) is 1. The SMILES string of the molecule is Cc1cc(C)cc(NC(=O)C[C@H]2C(=O)NCCN2C(=O)CN2CCN(C)CC2)c1. The molecule has 2 aliphatic rings. The van der Waals surface area contributed by atoms with Crippen LogP contribution in [0.25, 0.3) is 0 Å². The van der Waals surface area contributed by atoms with Gasteiger partial charge >= 0.3 is 0 Å². The van der Waals surface area contributed by atoms with Crippen LogP contribution in [0.15, 0.2) is 18.2 Å². The zero-order valence-electron chi connectivity index (χ0n) is 17.5. The van der Waals surface area contributed by atoms with Crippen LogP contribution in [0.2, 0.25) is 0 Å². The van der Waals surface area contributed by atoms with E-state index in [-0.39, 0.29) is 30.7 Å². The van der Waals surface area contributed by atoms with Gasteiger partial charge in [0.15, 0.2) is 0 Å². The Bertz CT molecular complexity index is 753. The highest BCUT2D eigenvalue weighted by Crippen LogP contribution is 2.16. The van der Waals surface area contributed by atoms with Crippen LogP contribution in [0.3, 0.4) is 0 Å². The van der Waals surface area contributed by atoms with E-state index < -0.39 is 6.04 Å². The van der Waals surface area contributed by atoms with Crippen LogP contribution in [0.1, 0.15) is 17.5 Å². The molecular formula is C21H31N5O3. The Morgan fingerprint density at radius 3 is 2.38 bits per heavy atom. The van der Waals surface area contributed by atoms with E-state index in [1.807, 2.05) is 32.0 Å². The van der Waals surface area contributed by atoms with Crippen LogP contribution in [0, 0.1) is 13.8 Å². The van der Waals surface area contributed by atoms with E-state index in [9.17, 15) is 14.4 Å². The molecule has 29 heavy (non-hydrogen) atoms. The first kappa shape index (κ1) is 21.3. The highest BCUT2D eigenvalue weighted by atomic mass is 16.2. The van der Waals surface area contributed by atoms with E-state index in [2.05, 4.69) is 27.5 Å². The lowest BCUT2D eigenvalue weighted by Crippen LogP contribution is -2.60. The molecule has 2 heterocycles. The molecule has 3 amide bonds. The third-order valence-electron chi connectivity index (χ3n) is 5.49. The second-order valence-corrected chi connectivity index (χ2v) is 8.10. The van der Waals surface area contributed by atoms with E-state index in [0.29, 0.717) is 18.8 Å². The summed E-state index contributed by atoms with van der Waals surface area (Å²) in [5.41, 5.74) is 2.82. The maximum atomic E-state index is 12.9. The molecule has 3 rings (SSSR count). The monoisotopic (exact) mass is 401 g/mol. The van der Waals surface area contributed by atoms with Gasteiger partial charge in [-0.05, 0) is 44.2 Å². The van der Waals surface area contributed by atoms with Crippen LogP contribution in [0.4, 0.5) is 5.69 Å². The van der Waals surface area contributed by atoms with Crippen molar-refractivity contribution in [2.45, 2.75) is 26.3 Å². The number of benzene rings is 1. The van der Waals surface area contributed by atoms with Crippen molar-refractivity contribution in [3.63, 3.8) is 0 Å². The van der Waals surface area contributed by atoms with Gasteiger partial charge < -0.3 is 20.4 Å². The van der Waals surface area contributed by atoms with E-state index in [0.717, 1.165) is 37.3 Å². The Kier molecular flexibility index (Phi) is 6.87. The number of carbonyl (C=O) groups excluding carboxylic acids is 3. The number of nitrogens with zero attached hydrogens (tertiary/aromatic N) is 3. The second-order valence-electron chi connectivity index (χ2n) is 8.10. The second kappa shape index (κ2) is 9.37. The first-order valence-electron chi connectivity index (χ1n) is 10.2. The van der Waals surface area contributed by atoms with Crippen LogP contribution in [0.5, 0.6) is 0 Å². The predicted molar refractivity (Wildman–Crippen MR) is 112 cm³/mol. The lowest BCUT2D eigenvalue weighted by molar-refractivity contribution is -0.145. The van der Waals surface area contributed by atoms with Crippen LogP contribution in [-0.4, -0.2) is 91.3 Å². The molecule has 0 bridgehead atoms. The molecule has 1 aromatic rings. The molecule has 2 N–H and O–H groups in total. The summed E-state index contributed by atoms with van der Waals surface area (Å²) in [5, 5.41) is 5.65. The average Bonchev–Trinajstić information content (AvgIpc) is 2.64. The molecule has 0 spiro atoms. The average molecular weight is 402 g/mol. The molecule has 0 unspecified atom stereocenters. The number of hydrogen-bond donors (Lipinski definition) is 2. The number of rotatable bonds is 5. The van der Waals surface area contributed by atoms with Crippen molar-refractivity contribution in [1.82, 2.24) is 20.0 Å². The Labute approximate surface area is 172 Å². The van der Waals surface area contributed by atoms with Gasteiger partial charge in [0.25, 0.3) is 0 Å². The first-order chi connectivity index (χ1) is 13.8. The maximum absolute atomic E-state index is 12.9. The largest absolute Gasteiger partial charge is 0.353 e. The summed E-state index contributed by atoms with van der Waals surface area (Å²) >= 11 is 0. The highest BCUT2D eigenvalue weighted by molar-refractivity contribution is 5.97. The van der Waals surface area contributed by atoms with Crippen molar-refractivity contribution in [3.05, 3.63) is 29.3 Å². The fraction of sp³-hybridized carbons (Fsp3) is 0.571. The smallest absolute Gasteiger partial charge is 0.243 e. The number of nitrogens with one attached hydrogen (secondary N) is 2. The number of carbonyl (C=O) groups is 3. The van der Waals surface area contributed by atoms with Gasteiger partial charge in [-0.25, -0.2) is 0 Å². The van der Waals surface area contributed by atoms with Gasteiger partial charge in [-0.1, -0.05) is 6.07 Å². The molecule has 2 aliphatic heterocycles. The summed E-state index contributed by atoms with van der Waals surface area (Å²) < 4.78 is 0. The third kappa shape index (κ3) is 5.77. The van der Waals surface area contributed by atoms with Crippen LogP contribution < -0.4 is 10.6 Å². The summed E-state index contributed by atoms with van der Waals surface area (Å²) in [5.74, 6) is -0.624. The zero-order valence-corrected chi connectivity index (χ0v) is 17.5. The van der Waals surface area contributed by atoms with Crippen molar-refractivity contribution in [3.8, 4) is 0 Å². The standard InChI is InChI=1S/C21H31N5O3/c1-15-10-16(2)12-17(11-15)23-19(27)13-18-21(29)22-4-5-26(18)20(28)14-25-8-6-24(3)7-9-25/h10-12,18H,4-9,13-14H2,1-3H3,(H,22,29)(H,23,27)/t18-/m0/s1. The molecule has 1 aromatic carbocycles. The first-order valence-corrected chi connectivity index (χ1v) is 10.2. The quantitative estimate of drug-likeness (QED) is 0.737. The van der Waals surface area contributed by atoms with Gasteiger partial charge in [0, 0.05) is 45.0 Å². The van der Waals surface area contributed by atoms with Crippen molar-refractivity contribution in [2.24, 2.45) is 0 Å². The van der Waals surface area contributed by atoms with Gasteiger partial charge in [0.05, 0.1) is 13.0 Å². The van der Waals surface area contributed by atoms with Crippen molar-refractivity contribution in [2.75, 3.05) is 58.2 Å². The number of piperazine rings is 2. The van der Waals surface area contributed by atoms with E-state index in [4.69, 9.17) is 0 Å². The van der Waals surface area contributed by atoms with Gasteiger partial charge in [-0.3, -0.25) is 19.3 Å². The summed E-state index contributed by atoms with van der Waals surface area (Å²) in [4.78, 5) is 43.8. The lowest BCUT2D eigenvalue weighted by atomic mass is 10.1. The van der Waals surface area contributed by atoms with E-state index in [1.54, 1.807) is 4.90 Å². The van der Waals surface area contributed by atoms with Crippen molar-refractivity contribution in [1.29, 1.82) is 0 Å². The Hall–Kier alpha value is -2.45. The fourth-order valence-electron chi connectivity index (χ4n) is 3.94. The number of hydrogen-bond acceptors (Lipinski definition) is 5. The van der Waals surface area contributed by atoms with Gasteiger partial charge in [0.1, 0.15) is 6.04 Å². The molecule has 1 atom stereocenters. The lowest BCUT2D eigenvalue weighted by Gasteiger charge is -2.37. The minimum Gasteiger partial charge on any atom is -0.353 e. The summed E-state index contributed by atoms with van der Waals surface area (Å²) in [7, 11) is 2.07. The number of amides is 3. The fourth-order valence-corrected chi connectivity index (χ4v) is 3.94. The summed E-state index contributed by atoms with van der Waals surface area (Å²) in [6, 6.07) is 5.04. The van der Waals surface area contributed by atoms with Gasteiger partial charge in [0.2, 0.25) is 17.7 Å². The van der Waals surface area contributed by atoms with Gasteiger partial charge in [-0.2, -0.15) is 0 Å². The molecule has 0 aliphatic carbocycles. The number of anilines is 1. The zero-order chi connectivity index (χ0) is 21.0. The normalized spacial score (nSPS) is 21.0. The van der Waals surface area contributed by atoms with Crippen LogP contribution in [-0.2, 0) is 14.4 Å². The maximum Gasteiger partial charge on any atom is 0.243 e. The molecule has 2 fully saturated rings. The summed E-state index contributed by atoms with van der Waals surface area (Å²) in [6.45, 7) is 8.59. The van der Waals surface area contributed by atoms with Gasteiger partial charge in [-0.15, -0.1) is 0 Å². The van der Waals surface area contributed by atoms with Crippen molar-refractivity contribution < 1.29 is 14.4 Å². The topological polar surface area (TPSA) is 85.0 Å². The predicted octanol–water partition coefficient (Wildman–Crippen LogP) is 0.206. The molecule has 2 saturated heterocycles. The summed E-state index contributed by atoms with van der Waals surface area (Å²) in [6.07, 6.45) is -0.0483. The minimum atomic E-state index is -0.769. The van der Waals surface area contributed by atoms with E-state index in [1.165, 1.54) is 0 Å².